The quantitative estimate of drug-likeness (QED) is 0.394. The van der Waals surface area contributed by atoms with Gasteiger partial charge in [0.15, 0.2) is 0 Å². The molecule has 1 aromatic heterocycles. The maximum atomic E-state index is 12.5. The Morgan fingerprint density at radius 1 is 1.07 bits per heavy atom. The number of nitro groups is 1. The highest BCUT2D eigenvalue weighted by Crippen LogP contribution is 2.27. The number of carbonyl (C=O) groups excluding carboxylic acids is 1. The van der Waals surface area contributed by atoms with Gasteiger partial charge >= 0.3 is 0 Å². The van der Waals surface area contributed by atoms with E-state index in [0.29, 0.717) is 11.3 Å². The smallest absolute Gasteiger partial charge is 0.269 e. The zero-order valence-electron chi connectivity index (χ0n) is 16.3. The van der Waals surface area contributed by atoms with Crippen molar-refractivity contribution in [2.24, 2.45) is 7.05 Å². The molecule has 0 atom stereocenters. The number of aryl methyl sites for hydroxylation is 1. The number of aromatic nitrogens is 2. The zero-order chi connectivity index (χ0) is 21.3. The van der Waals surface area contributed by atoms with Crippen molar-refractivity contribution < 1.29 is 14.5 Å². The van der Waals surface area contributed by atoms with Crippen molar-refractivity contribution in [3.05, 3.63) is 82.4 Å². The highest BCUT2D eigenvalue weighted by molar-refractivity contribution is 6.05. The third-order valence-corrected chi connectivity index (χ3v) is 4.83. The van der Waals surface area contributed by atoms with Gasteiger partial charge in [0.1, 0.15) is 11.6 Å². The van der Waals surface area contributed by atoms with Crippen LogP contribution in [0.2, 0.25) is 0 Å². The van der Waals surface area contributed by atoms with Gasteiger partial charge in [-0.2, -0.15) is 0 Å². The Bertz CT molecular complexity index is 1240. The number of methoxy groups -OCH3 is 1. The third-order valence-electron chi connectivity index (χ3n) is 4.83. The van der Waals surface area contributed by atoms with Gasteiger partial charge < -0.3 is 14.6 Å². The number of hydrogen-bond acceptors (Lipinski definition) is 5. The van der Waals surface area contributed by atoms with Crippen LogP contribution >= 0.6 is 0 Å². The van der Waals surface area contributed by atoms with Gasteiger partial charge in [0.25, 0.3) is 11.6 Å². The molecule has 4 rings (SSSR count). The molecule has 0 aliphatic rings. The summed E-state index contributed by atoms with van der Waals surface area (Å²) in [6, 6.07) is 18.6. The van der Waals surface area contributed by atoms with Gasteiger partial charge in [-0.15, -0.1) is 0 Å². The van der Waals surface area contributed by atoms with E-state index in [2.05, 4.69) is 5.32 Å². The highest BCUT2D eigenvalue weighted by Gasteiger charge is 2.13. The number of rotatable bonds is 5. The molecule has 0 aliphatic heterocycles. The number of anilines is 1. The fourth-order valence-electron chi connectivity index (χ4n) is 3.21. The first-order chi connectivity index (χ1) is 14.5. The molecule has 4 aromatic rings. The molecule has 0 aliphatic carbocycles. The lowest BCUT2D eigenvalue weighted by atomic mass is 10.2. The summed E-state index contributed by atoms with van der Waals surface area (Å²) in [5.41, 5.74) is 3.48. The van der Waals surface area contributed by atoms with Gasteiger partial charge in [-0.3, -0.25) is 14.9 Å². The zero-order valence-corrected chi connectivity index (χ0v) is 16.3. The number of carbonyl (C=O) groups is 1. The minimum Gasteiger partial charge on any atom is -0.497 e. The Morgan fingerprint density at radius 2 is 1.77 bits per heavy atom. The third kappa shape index (κ3) is 3.58. The predicted octanol–water partition coefficient (Wildman–Crippen LogP) is 4.41. The van der Waals surface area contributed by atoms with Crippen LogP contribution in [-0.2, 0) is 7.05 Å². The van der Waals surface area contributed by atoms with E-state index in [1.165, 1.54) is 24.3 Å². The fourth-order valence-corrected chi connectivity index (χ4v) is 3.21. The van der Waals surface area contributed by atoms with E-state index in [1.54, 1.807) is 19.2 Å². The van der Waals surface area contributed by atoms with Gasteiger partial charge in [-0.25, -0.2) is 4.98 Å². The molecule has 1 amide bonds. The van der Waals surface area contributed by atoms with Gasteiger partial charge in [0.2, 0.25) is 0 Å². The summed E-state index contributed by atoms with van der Waals surface area (Å²) in [4.78, 5) is 27.4. The normalized spacial score (nSPS) is 10.7. The van der Waals surface area contributed by atoms with Gasteiger partial charge in [0.05, 0.1) is 23.1 Å². The lowest BCUT2D eigenvalue weighted by molar-refractivity contribution is -0.384. The van der Waals surface area contributed by atoms with Gasteiger partial charge in [0, 0.05) is 36.0 Å². The minimum atomic E-state index is -0.503. The van der Waals surface area contributed by atoms with Crippen LogP contribution in [0, 0.1) is 10.1 Å². The molecule has 0 saturated carbocycles. The molecule has 0 fully saturated rings. The summed E-state index contributed by atoms with van der Waals surface area (Å²) < 4.78 is 7.19. The van der Waals surface area contributed by atoms with Crippen molar-refractivity contribution in [2.75, 3.05) is 12.4 Å². The van der Waals surface area contributed by atoms with E-state index >= 15 is 0 Å². The molecule has 0 radical (unpaired) electrons. The second-order valence-corrected chi connectivity index (χ2v) is 6.68. The molecule has 3 aromatic carbocycles. The first kappa shape index (κ1) is 19.1. The van der Waals surface area contributed by atoms with Crippen molar-refractivity contribution in [3.63, 3.8) is 0 Å². The van der Waals surface area contributed by atoms with E-state index in [9.17, 15) is 14.9 Å². The molecular formula is C22H18N4O4. The summed E-state index contributed by atoms with van der Waals surface area (Å²) in [6.07, 6.45) is 0. The average molecular weight is 402 g/mol. The summed E-state index contributed by atoms with van der Waals surface area (Å²) in [5, 5.41) is 13.6. The second kappa shape index (κ2) is 7.67. The topological polar surface area (TPSA) is 99.3 Å². The maximum Gasteiger partial charge on any atom is 0.269 e. The van der Waals surface area contributed by atoms with Crippen molar-refractivity contribution >= 4 is 28.3 Å². The molecule has 0 bridgehead atoms. The molecule has 0 saturated heterocycles. The highest BCUT2D eigenvalue weighted by atomic mass is 16.6. The van der Waals surface area contributed by atoms with Crippen molar-refractivity contribution in [1.82, 2.24) is 9.55 Å². The molecule has 1 heterocycles. The van der Waals surface area contributed by atoms with Crippen molar-refractivity contribution in [3.8, 4) is 17.1 Å². The molecule has 150 valence electrons. The van der Waals surface area contributed by atoms with E-state index in [1.807, 2.05) is 41.9 Å². The Balaban J connectivity index is 1.60. The molecule has 8 heteroatoms. The van der Waals surface area contributed by atoms with Crippen LogP contribution in [0.25, 0.3) is 22.4 Å². The molecule has 30 heavy (non-hydrogen) atoms. The number of nitro benzene ring substituents is 1. The van der Waals surface area contributed by atoms with Crippen LogP contribution in [0.15, 0.2) is 66.7 Å². The number of hydrogen-bond donors (Lipinski definition) is 1. The number of imidazole rings is 1. The molecule has 1 N–H and O–H groups in total. The number of nitrogens with one attached hydrogen (secondary N) is 1. The lowest BCUT2D eigenvalue weighted by Crippen LogP contribution is -2.11. The maximum absolute atomic E-state index is 12.5. The van der Waals surface area contributed by atoms with E-state index < -0.39 is 4.92 Å². The number of amides is 1. The number of fused-ring (bicyclic) bond motifs is 1. The standard InChI is InChI=1S/C22H18N4O4/c1-25-20-12-7-16(23-22(27)15-3-8-17(9-4-15)26(28)29)13-19(20)24-21(25)14-5-10-18(30-2)11-6-14/h3-13H,1-2H3,(H,23,27). The van der Waals surface area contributed by atoms with Crippen molar-refractivity contribution in [1.29, 1.82) is 0 Å². The molecule has 8 nitrogen and oxygen atoms in total. The van der Waals surface area contributed by atoms with Crippen LogP contribution in [0.4, 0.5) is 11.4 Å². The SMILES string of the molecule is COc1ccc(-c2nc3cc(NC(=O)c4ccc([N+](=O)[O-])cc4)ccc3n2C)cc1. The lowest BCUT2D eigenvalue weighted by Gasteiger charge is -2.06. The van der Waals surface area contributed by atoms with E-state index in [4.69, 9.17) is 9.72 Å². The first-order valence-electron chi connectivity index (χ1n) is 9.13. The van der Waals surface area contributed by atoms with Crippen LogP contribution < -0.4 is 10.1 Å². The monoisotopic (exact) mass is 402 g/mol. The molecule has 0 unspecified atom stereocenters. The number of non-ortho nitro benzene ring substituents is 1. The second-order valence-electron chi connectivity index (χ2n) is 6.68. The Morgan fingerprint density at radius 3 is 2.40 bits per heavy atom. The van der Waals surface area contributed by atoms with Gasteiger partial charge in [-0.1, -0.05) is 0 Å². The van der Waals surface area contributed by atoms with Crippen LogP contribution in [0.1, 0.15) is 10.4 Å². The summed E-state index contributed by atoms with van der Waals surface area (Å²) >= 11 is 0. The molecule has 0 spiro atoms. The Hall–Kier alpha value is -4.20. The van der Waals surface area contributed by atoms with Crippen LogP contribution in [-0.4, -0.2) is 27.5 Å². The predicted molar refractivity (Wildman–Crippen MR) is 114 cm³/mol. The Kier molecular flexibility index (Phi) is 4.89. The summed E-state index contributed by atoms with van der Waals surface area (Å²) in [7, 11) is 3.56. The summed E-state index contributed by atoms with van der Waals surface area (Å²) in [6.45, 7) is 0. The van der Waals surface area contributed by atoms with Crippen LogP contribution in [0.5, 0.6) is 5.75 Å². The first-order valence-corrected chi connectivity index (χ1v) is 9.13. The fraction of sp³-hybridized carbons (Fsp3) is 0.0909. The van der Waals surface area contributed by atoms with E-state index in [0.717, 1.165) is 28.2 Å². The van der Waals surface area contributed by atoms with Crippen molar-refractivity contribution in [2.45, 2.75) is 0 Å². The summed E-state index contributed by atoms with van der Waals surface area (Å²) in [5.74, 6) is 1.22. The largest absolute Gasteiger partial charge is 0.497 e. The minimum absolute atomic E-state index is 0.0625. The van der Waals surface area contributed by atoms with Crippen LogP contribution in [0.3, 0.4) is 0 Å². The van der Waals surface area contributed by atoms with E-state index in [-0.39, 0.29) is 11.6 Å². The average Bonchev–Trinajstić information content (AvgIpc) is 3.09. The van der Waals surface area contributed by atoms with Gasteiger partial charge in [-0.05, 0) is 54.6 Å². The number of nitrogens with zero attached hydrogens (tertiary/aromatic N) is 3. The number of ether oxygens (including phenoxy) is 1. The Labute approximate surface area is 171 Å². The molecular weight excluding hydrogens is 384 g/mol. The number of benzene rings is 3.